The van der Waals surface area contributed by atoms with Crippen molar-refractivity contribution >= 4 is 23.0 Å². The van der Waals surface area contributed by atoms with Crippen LogP contribution >= 0.6 is 11.6 Å². The molecule has 0 amide bonds. The van der Waals surface area contributed by atoms with Gasteiger partial charge in [-0.05, 0) is 12.1 Å². The van der Waals surface area contributed by atoms with Crippen LogP contribution in [0.2, 0.25) is 5.02 Å². The third-order valence-corrected chi connectivity index (χ3v) is 2.39. The Balaban J connectivity index is 2.51. The van der Waals surface area contributed by atoms with Crippen LogP contribution in [0, 0.1) is 10.1 Å². The summed E-state index contributed by atoms with van der Waals surface area (Å²) in [5.41, 5.74) is 4.00. The third kappa shape index (κ3) is 1.92. The van der Waals surface area contributed by atoms with Crippen LogP contribution in [0.5, 0.6) is 0 Å². The molecule has 0 spiro atoms. The normalized spacial score (nSPS) is 14.6. The molecule has 1 N–H and O–H groups in total. The van der Waals surface area contributed by atoms with Gasteiger partial charge in [-0.2, -0.15) is 5.10 Å². The predicted molar refractivity (Wildman–Crippen MR) is 57.3 cm³/mol. The Morgan fingerprint density at radius 1 is 1.53 bits per heavy atom. The first-order chi connectivity index (χ1) is 7.18. The Morgan fingerprint density at radius 2 is 2.33 bits per heavy atom. The zero-order valence-corrected chi connectivity index (χ0v) is 8.49. The molecule has 6 heteroatoms. The van der Waals surface area contributed by atoms with Crippen molar-refractivity contribution in [3.8, 4) is 0 Å². The first kappa shape index (κ1) is 9.92. The number of halogens is 1. The Morgan fingerprint density at radius 3 is 2.93 bits per heavy atom. The molecule has 5 nitrogen and oxygen atoms in total. The average Bonchev–Trinajstić information content (AvgIpc) is 2.69. The van der Waals surface area contributed by atoms with Crippen LogP contribution in [-0.4, -0.2) is 17.2 Å². The molecule has 1 aromatic carbocycles. The minimum Gasteiger partial charge on any atom is -0.309 e. The monoisotopic (exact) mass is 225 g/mol. The van der Waals surface area contributed by atoms with Crippen molar-refractivity contribution in [3.63, 3.8) is 0 Å². The summed E-state index contributed by atoms with van der Waals surface area (Å²) in [6.07, 6.45) is 0.682. The molecular weight excluding hydrogens is 218 g/mol. The van der Waals surface area contributed by atoms with Crippen molar-refractivity contribution in [3.05, 3.63) is 38.9 Å². The van der Waals surface area contributed by atoms with Crippen molar-refractivity contribution < 1.29 is 4.92 Å². The van der Waals surface area contributed by atoms with Gasteiger partial charge in [-0.15, -0.1) is 0 Å². The maximum absolute atomic E-state index is 10.8. The summed E-state index contributed by atoms with van der Waals surface area (Å²) in [7, 11) is 0. The molecule has 0 radical (unpaired) electrons. The molecule has 1 aromatic rings. The molecule has 0 atom stereocenters. The van der Waals surface area contributed by atoms with Crippen LogP contribution in [0.3, 0.4) is 0 Å². The highest BCUT2D eigenvalue weighted by Gasteiger charge is 2.20. The molecule has 0 saturated heterocycles. The summed E-state index contributed by atoms with van der Waals surface area (Å²) in [5.74, 6) is 0. The maximum Gasteiger partial charge on any atom is 0.278 e. The zero-order chi connectivity index (χ0) is 10.8. The molecule has 0 aliphatic carbocycles. The SMILES string of the molecule is O=[N+]([O-])c1ccc(Cl)cc1C1=NNCC1. The molecule has 0 unspecified atom stereocenters. The second-order valence-electron chi connectivity index (χ2n) is 3.14. The highest BCUT2D eigenvalue weighted by atomic mass is 35.5. The van der Waals surface area contributed by atoms with Gasteiger partial charge in [-0.3, -0.25) is 10.1 Å². The fourth-order valence-electron chi connectivity index (χ4n) is 1.48. The van der Waals surface area contributed by atoms with E-state index in [2.05, 4.69) is 10.5 Å². The van der Waals surface area contributed by atoms with E-state index in [-0.39, 0.29) is 5.69 Å². The average molecular weight is 226 g/mol. The number of hydrogen-bond acceptors (Lipinski definition) is 4. The van der Waals surface area contributed by atoms with E-state index in [9.17, 15) is 10.1 Å². The molecule has 0 saturated carbocycles. The Bertz CT molecular complexity index is 445. The first-order valence-corrected chi connectivity index (χ1v) is 4.80. The number of nitro groups is 1. The molecule has 2 rings (SSSR count). The minimum atomic E-state index is -0.424. The standard InChI is InChI=1S/C9H8ClN3O2/c10-6-1-2-9(13(14)15)7(5-6)8-3-4-11-12-8/h1-2,5,11H,3-4H2. The second kappa shape index (κ2) is 3.86. The number of nitrogens with one attached hydrogen (secondary N) is 1. The molecule has 0 fully saturated rings. The fourth-order valence-corrected chi connectivity index (χ4v) is 1.65. The van der Waals surface area contributed by atoms with Gasteiger partial charge in [-0.1, -0.05) is 11.6 Å². The molecular formula is C9H8ClN3O2. The van der Waals surface area contributed by atoms with E-state index in [1.165, 1.54) is 12.1 Å². The van der Waals surface area contributed by atoms with Crippen molar-refractivity contribution in [2.45, 2.75) is 6.42 Å². The number of hydrogen-bond donors (Lipinski definition) is 1. The summed E-state index contributed by atoms with van der Waals surface area (Å²) >= 11 is 5.80. The lowest BCUT2D eigenvalue weighted by Gasteiger charge is -2.01. The fraction of sp³-hybridized carbons (Fsp3) is 0.222. The lowest BCUT2D eigenvalue weighted by molar-refractivity contribution is -0.385. The van der Waals surface area contributed by atoms with E-state index < -0.39 is 4.92 Å². The van der Waals surface area contributed by atoms with E-state index in [4.69, 9.17) is 11.6 Å². The number of hydrazone groups is 1. The van der Waals surface area contributed by atoms with E-state index in [1.807, 2.05) is 0 Å². The van der Waals surface area contributed by atoms with Crippen LogP contribution < -0.4 is 5.43 Å². The van der Waals surface area contributed by atoms with Gasteiger partial charge < -0.3 is 5.43 Å². The van der Waals surface area contributed by atoms with Crippen LogP contribution in [0.15, 0.2) is 23.3 Å². The molecule has 15 heavy (non-hydrogen) atoms. The lowest BCUT2D eigenvalue weighted by Crippen LogP contribution is -2.02. The number of benzene rings is 1. The summed E-state index contributed by atoms with van der Waals surface area (Å²) in [5, 5.41) is 15.2. The molecule has 1 heterocycles. The van der Waals surface area contributed by atoms with Gasteiger partial charge >= 0.3 is 0 Å². The highest BCUT2D eigenvalue weighted by molar-refractivity contribution is 6.31. The highest BCUT2D eigenvalue weighted by Crippen LogP contribution is 2.25. The van der Waals surface area contributed by atoms with Gasteiger partial charge in [0, 0.05) is 24.1 Å². The quantitative estimate of drug-likeness (QED) is 0.618. The smallest absolute Gasteiger partial charge is 0.278 e. The number of nitro benzene ring substituents is 1. The van der Waals surface area contributed by atoms with E-state index >= 15 is 0 Å². The summed E-state index contributed by atoms with van der Waals surface area (Å²) in [4.78, 5) is 10.4. The minimum absolute atomic E-state index is 0.0434. The van der Waals surface area contributed by atoms with Crippen LogP contribution in [0.1, 0.15) is 12.0 Å². The van der Waals surface area contributed by atoms with Crippen LogP contribution in [-0.2, 0) is 0 Å². The molecule has 1 aliphatic rings. The maximum atomic E-state index is 10.8. The molecule has 1 aliphatic heterocycles. The third-order valence-electron chi connectivity index (χ3n) is 2.15. The van der Waals surface area contributed by atoms with Crippen molar-refractivity contribution in [1.29, 1.82) is 0 Å². The number of rotatable bonds is 2. The molecule has 0 bridgehead atoms. The Kier molecular flexibility index (Phi) is 2.55. The van der Waals surface area contributed by atoms with E-state index in [0.717, 1.165) is 0 Å². The summed E-state index contributed by atoms with van der Waals surface area (Å²) in [6.45, 7) is 0.707. The Labute approximate surface area is 90.9 Å². The van der Waals surface area contributed by atoms with E-state index in [1.54, 1.807) is 6.07 Å². The van der Waals surface area contributed by atoms with Gasteiger partial charge in [0.25, 0.3) is 5.69 Å². The van der Waals surface area contributed by atoms with Gasteiger partial charge in [0.15, 0.2) is 0 Å². The Hall–Kier alpha value is -1.62. The molecule has 78 valence electrons. The largest absolute Gasteiger partial charge is 0.309 e. The zero-order valence-electron chi connectivity index (χ0n) is 7.74. The van der Waals surface area contributed by atoms with Gasteiger partial charge in [-0.25, -0.2) is 0 Å². The predicted octanol–water partition coefficient (Wildman–Crippen LogP) is 1.95. The van der Waals surface area contributed by atoms with Crippen LogP contribution in [0.25, 0.3) is 0 Å². The first-order valence-electron chi connectivity index (χ1n) is 4.42. The van der Waals surface area contributed by atoms with E-state index in [0.29, 0.717) is 29.3 Å². The van der Waals surface area contributed by atoms with Crippen molar-refractivity contribution in [1.82, 2.24) is 5.43 Å². The lowest BCUT2D eigenvalue weighted by atomic mass is 10.1. The summed E-state index contributed by atoms with van der Waals surface area (Å²) < 4.78 is 0. The van der Waals surface area contributed by atoms with Gasteiger partial charge in [0.1, 0.15) is 0 Å². The number of nitrogens with zero attached hydrogens (tertiary/aromatic N) is 2. The van der Waals surface area contributed by atoms with Gasteiger partial charge in [0.2, 0.25) is 0 Å². The van der Waals surface area contributed by atoms with Crippen molar-refractivity contribution in [2.24, 2.45) is 5.10 Å². The van der Waals surface area contributed by atoms with Crippen molar-refractivity contribution in [2.75, 3.05) is 6.54 Å². The summed E-state index contributed by atoms with van der Waals surface area (Å²) in [6, 6.07) is 4.48. The molecule has 0 aromatic heterocycles. The van der Waals surface area contributed by atoms with Gasteiger partial charge in [0.05, 0.1) is 16.2 Å². The second-order valence-corrected chi connectivity index (χ2v) is 3.57. The van der Waals surface area contributed by atoms with Crippen LogP contribution in [0.4, 0.5) is 5.69 Å². The topological polar surface area (TPSA) is 67.5 Å².